The standard InChI is InChI=1S/C36H26FNS.C30H21BrFNS.C25H19F.C6H4Br2S/c37-35-25-30(20-21-33(35)27-14-6-2-7-15-27)38(36-19-11-10-18-34(36)28-16-8-3-9-17-28)31-22-29(23-32(39)24-31)26-12-4-1-5-13-26;31-23-17-25(19-26(34)18-23)33(30-14-8-7-13-28(30)22-11-5-2-6-12-22)24-15-16-27(29(32)20-24)21-9-3-1-4-10-21;26-25-18-19(15-16-24(25)21-11-5-2-6-12-21)17-22-13-7-8-14-23(22)20-9-3-1-4-10-20;7-4-1-5(8)3-6(9)2-4/h1-25,39H;1-20,34H;1-16,18H,17H2;1-3,9H. The maximum Gasteiger partial charge on any atom is 0.133 e. The van der Waals surface area contributed by atoms with Crippen LogP contribution in [-0.2, 0) is 6.42 Å². The molecule has 16 aromatic carbocycles. The van der Waals surface area contributed by atoms with Gasteiger partial charge in [-0.1, -0.05) is 333 Å². The zero-order valence-electron chi connectivity index (χ0n) is 58.2. The molecule has 108 heavy (non-hydrogen) atoms. The molecule has 0 spiro atoms. The molecule has 0 atom stereocenters. The van der Waals surface area contributed by atoms with Crippen molar-refractivity contribution in [1.82, 2.24) is 0 Å². The van der Waals surface area contributed by atoms with Crippen molar-refractivity contribution in [3.8, 4) is 77.9 Å². The number of hydrogen-bond acceptors (Lipinski definition) is 5. The van der Waals surface area contributed by atoms with Gasteiger partial charge >= 0.3 is 0 Å². The Hall–Kier alpha value is -10.6. The first kappa shape index (κ1) is 75.6. The fraction of sp³-hybridized carbons (Fsp3) is 0.0103. The number of rotatable bonds is 15. The Morgan fingerprint density at radius 1 is 0.222 bits per heavy atom. The molecular formula is C97H70Br3F3N2S3. The number of nitrogens with zero attached hydrogens (tertiary/aromatic N) is 2. The first-order valence-corrected chi connectivity index (χ1v) is 38.6. The van der Waals surface area contributed by atoms with Crippen LogP contribution >= 0.6 is 85.7 Å². The minimum atomic E-state index is -0.272. The quantitative estimate of drug-likeness (QED) is 0.0881. The van der Waals surface area contributed by atoms with Crippen molar-refractivity contribution in [3.63, 3.8) is 0 Å². The van der Waals surface area contributed by atoms with E-state index in [1.807, 2.05) is 279 Å². The number of anilines is 6. The number of thiol groups is 3. The molecule has 16 aromatic rings. The van der Waals surface area contributed by atoms with Crippen molar-refractivity contribution in [2.24, 2.45) is 0 Å². The first-order chi connectivity index (χ1) is 52.8. The first-order valence-electron chi connectivity index (χ1n) is 34.9. The van der Waals surface area contributed by atoms with Crippen LogP contribution in [0.4, 0.5) is 47.3 Å². The molecule has 0 bridgehead atoms. The van der Waals surface area contributed by atoms with Gasteiger partial charge in [0.05, 0.1) is 11.4 Å². The molecule has 0 N–H and O–H groups in total. The van der Waals surface area contributed by atoms with Crippen LogP contribution in [0.2, 0.25) is 0 Å². The van der Waals surface area contributed by atoms with Crippen molar-refractivity contribution in [2.75, 3.05) is 9.80 Å². The number of para-hydroxylation sites is 2. The van der Waals surface area contributed by atoms with Crippen molar-refractivity contribution in [2.45, 2.75) is 21.1 Å². The summed E-state index contributed by atoms with van der Waals surface area (Å²) in [5.74, 6) is -0.718. The smallest absolute Gasteiger partial charge is 0.133 e. The number of benzene rings is 16. The lowest BCUT2D eigenvalue weighted by Crippen LogP contribution is -2.12. The minimum absolute atomic E-state index is 0.175. The van der Waals surface area contributed by atoms with E-state index >= 15 is 8.78 Å². The molecule has 0 radical (unpaired) electrons. The predicted octanol–water partition coefficient (Wildman–Crippen LogP) is 30.5. The Balaban J connectivity index is 0.000000137. The Bertz CT molecular complexity index is 5600. The predicted molar refractivity (Wildman–Crippen MR) is 467 cm³/mol. The van der Waals surface area contributed by atoms with E-state index in [0.29, 0.717) is 23.1 Å². The third kappa shape index (κ3) is 19.4. The maximum atomic E-state index is 15.7. The summed E-state index contributed by atoms with van der Waals surface area (Å²) in [7, 11) is 0. The summed E-state index contributed by atoms with van der Waals surface area (Å²) in [5, 5.41) is 0. The second-order valence-electron chi connectivity index (χ2n) is 25.3. The molecule has 0 aromatic heterocycles. The molecule has 0 aliphatic carbocycles. The summed E-state index contributed by atoms with van der Waals surface area (Å²) in [6.45, 7) is 0. The Labute approximate surface area is 672 Å². The van der Waals surface area contributed by atoms with Crippen molar-refractivity contribution in [3.05, 3.63) is 436 Å². The summed E-state index contributed by atoms with van der Waals surface area (Å²) in [6, 6.07) is 129. The minimum Gasteiger partial charge on any atom is -0.310 e. The van der Waals surface area contributed by atoms with Gasteiger partial charge in [0.1, 0.15) is 17.5 Å². The largest absolute Gasteiger partial charge is 0.310 e. The highest BCUT2D eigenvalue weighted by molar-refractivity contribution is 9.11. The van der Waals surface area contributed by atoms with Crippen LogP contribution in [0.3, 0.4) is 0 Å². The molecule has 0 aliphatic heterocycles. The zero-order chi connectivity index (χ0) is 74.7. The summed E-state index contributed by atoms with van der Waals surface area (Å²) in [4.78, 5) is 6.79. The fourth-order valence-electron chi connectivity index (χ4n) is 13.0. The Morgan fingerprint density at radius 2 is 0.528 bits per heavy atom. The Morgan fingerprint density at radius 3 is 0.917 bits per heavy atom. The van der Waals surface area contributed by atoms with Gasteiger partial charge in [-0.3, -0.25) is 0 Å². The van der Waals surface area contributed by atoms with E-state index in [0.717, 1.165) is 118 Å². The van der Waals surface area contributed by atoms with Gasteiger partial charge < -0.3 is 9.80 Å². The van der Waals surface area contributed by atoms with Crippen LogP contribution in [0, 0.1) is 17.5 Å². The van der Waals surface area contributed by atoms with E-state index in [2.05, 4.69) is 180 Å². The van der Waals surface area contributed by atoms with E-state index in [9.17, 15) is 4.39 Å². The van der Waals surface area contributed by atoms with Crippen molar-refractivity contribution >= 4 is 120 Å². The summed E-state index contributed by atoms with van der Waals surface area (Å²) in [5.41, 5.74) is 20.5. The van der Waals surface area contributed by atoms with Gasteiger partial charge in [-0.2, -0.15) is 0 Å². The van der Waals surface area contributed by atoms with Crippen molar-refractivity contribution in [1.29, 1.82) is 0 Å². The van der Waals surface area contributed by atoms with Gasteiger partial charge in [-0.05, 0) is 177 Å². The number of halogens is 6. The highest BCUT2D eigenvalue weighted by Crippen LogP contribution is 2.46. The zero-order valence-corrected chi connectivity index (χ0v) is 65.7. The summed E-state index contributed by atoms with van der Waals surface area (Å²) >= 11 is 23.8. The molecule has 16 rings (SSSR count). The monoisotopic (exact) mass is 1650 g/mol. The van der Waals surface area contributed by atoms with Crippen LogP contribution in [0.15, 0.2) is 422 Å². The molecule has 0 saturated heterocycles. The topological polar surface area (TPSA) is 6.48 Å². The second-order valence-corrected chi connectivity index (χ2v) is 29.6. The van der Waals surface area contributed by atoms with Gasteiger partial charge in [0.25, 0.3) is 0 Å². The molecule has 0 heterocycles. The van der Waals surface area contributed by atoms with Gasteiger partial charge in [0.15, 0.2) is 0 Å². The van der Waals surface area contributed by atoms with Crippen LogP contribution in [-0.4, -0.2) is 0 Å². The third-order valence-electron chi connectivity index (χ3n) is 17.9. The van der Waals surface area contributed by atoms with Gasteiger partial charge in [0, 0.05) is 78.7 Å². The van der Waals surface area contributed by atoms with Crippen LogP contribution in [0.25, 0.3) is 77.9 Å². The molecule has 528 valence electrons. The molecule has 0 amide bonds. The lowest BCUT2D eigenvalue weighted by atomic mass is 9.94. The van der Waals surface area contributed by atoms with Gasteiger partial charge in [0.2, 0.25) is 0 Å². The lowest BCUT2D eigenvalue weighted by molar-refractivity contribution is 0.629. The van der Waals surface area contributed by atoms with E-state index in [1.165, 1.54) is 16.7 Å². The van der Waals surface area contributed by atoms with Crippen molar-refractivity contribution < 1.29 is 13.2 Å². The van der Waals surface area contributed by atoms with E-state index in [-0.39, 0.29) is 17.5 Å². The van der Waals surface area contributed by atoms with Gasteiger partial charge in [-0.15, -0.1) is 37.9 Å². The molecule has 11 heteroatoms. The fourth-order valence-corrected chi connectivity index (χ4v) is 16.1. The normalized spacial score (nSPS) is 10.7. The lowest BCUT2D eigenvalue weighted by Gasteiger charge is -2.29. The van der Waals surface area contributed by atoms with E-state index in [1.54, 1.807) is 18.2 Å². The third-order valence-corrected chi connectivity index (χ3v) is 20.1. The van der Waals surface area contributed by atoms with E-state index < -0.39 is 0 Å². The van der Waals surface area contributed by atoms with Crippen LogP contribution in [0.5, 0.6) is 0 Å². The maximum absolute atomic E-state index is 15.7. The SMILES string of the molecule is Fc1cc(Cc2ccccc2-c2ccccc2)ccc1-c1ccccc1.Fc1cc(N(c2cc(S)cc(-c3ccccc3)c2)c2ccccc2-c2ccccc2)ccc1-c1ccccc1.Fc1cc(N(c2cc(S)cc(Br)c2)c2ccccc2-c2ccccc2)ccc1-c1ccccc1.Sc1cc(Br)cc(Br)c1. The van der Waals surface area contributed by atoms with Crippen LogP contribution in [0.1, 0.15) is 11.1 Å². The molecule has 2 nitrogen and oxygen atoms in total. The van der Waals surface area contributed by atoms with Gasteiger partial charge in [-0.25, -0.2) is 13.2 Å². The highest BCUT2D eigenvalue weighted by Gasteiger charge is 2.23. The molecule has 0 saturated carbocycles. The molecular weight excluding hydrogens is 1590 g/mol. The average Bonchev–Trinajstić information content (AvgIpc) is 0.775. The Kier molecular flexibility index (Phi) is 25.8. The molecule has 0 aliphatic rings. The summed E-state index contributed by atoms with van der Waals surface area (Å²) in [6.07, 6.45) is 0.705. The average molecular weight is 1660 g/mol. The van der Waals surface area contributed by atoms with E-state index in [4.69, 9.17) is 12.6 Å². The highest BCUT2D eigenvalue weighted by atomic mass is 79.9. The number of hydrogen-bond donors (Lipinski definition) is 3. The molecule has 0 unspecified atom stereocenters. The summed E-state index contributed by atoms with van der Waals surface area (Å²) < 4.78 is 48.8. The second kappa shape index (κ2) is 36.8. The molecule has 0 fully saturated rings. The van der Waals surface area contributed by atoms with Crippen LogP contribution < -0.4 is 9.80 Å².